The average molecular weight is 370 g/mol. The number of nitrogens with zero attached hydrogens (tertiary/aromatic N) is 2. The fourth-order valence-electron chi connectivity index (χ4n) is 2.20. The molecule has 2 heterocycles. The van der Waals surface area contributed by atoms with E-state index in [1.165, 1.54) is 12.3 Å². The molecule has 2 aromatic rings. The van der Waals surface area contributed by atoms with Gasteiger partial charge in [-0.25, -0.2) is 9.78 Å². The Kier molecular flexibility index (Phi) is 6.93. The van der Waals surface area contributed by atoms with E-state index in [-0.39, 0.29) is 5.15 Å². The molecule has 2 rings (SSSR count). The van der Waals surface area contributed by atoms with E-state index in [1.54, 1.807) is 24.4 Å². The summed E-state index contributed by atoms with van der Waals surface area (Å²) in [7, 11) is 0. The van der Waals surface area contributed by atoms with Gasteiger partial charge in [0, 0.05) is 23.6 Å². The van der Waals surface area contributed by atoms with Gasteiger partial charge in [-0.1, -0.05) is 43.0 Å². The average Bonchev–Trinajstić information content (AvgIpc) is 2.62. The van der Waals surface area contributed by atoms with E-state index in [0.717, 1.165) is 24.1 Å². The van der Waals surface area contributed by atoms with Crippen LogP contribution in [0.15, 0.2) is 67.6 Å². The second-order valence-electron chi connectivity index (χ2n) is 5.39. The topological polar surface area (TPSA) is 92.9 Å². The lowest BCUT2D eigenvalue weighted by molar-refractivity contribution is 0.262. The first kappa shape index (κ1) is 19.2. The van der Waals surface area contributed by atoms with E-state index < -0.39 is 6.03 Å². The molecule has 0 saturated carbocycles. The first-order chi connectivity index (χ1) is 12.5. The highest BCUT2D eigenvalue weighted by Crippen LogP contribution is 2.21. The van der Waals surface area contributed by atoms with Crippen molar-refractivity contribution in [2.45, 2.75) is 12.8 Å². The van der Waals surface area contributed by atoms with Crippen LogP contribution in [0.2, 0.25) is 5.15 Å². The minimum absolute atomic E-state index is 0.242. The number of urea groups is 1. The molecular formula is C19H20ClN5O. The van der Waals surface area contributed by atoms with Crippen LogP contribution >= 0.6 is 11.6 Å². The van der Waals surface area contributed by atoms with Crippen molar-refractivity contribution in [3.8, 4) is 0 Å². The Morgan fingerprint density at radius 2 is 2.08 bits per heavy atom. The van der Waals surface area contributed by atoms with Gasteiger partial charge in [-0.3, -0.25) is 4.98 Å². The van der Waals surface area contributed by atoms with Crippen LogP contribution in [0, 0.1) is 0 Å². The molecule has 2 amide bonds. The van der Waals surface area contributed by atoms with Crippen molar-refractivity contribution in [1.29, 1.82) is 0 Å². The standard InChI is InChI=1S/C19H20ClN5O/c1-3-5-13(4-2)6-7-14-10-15(8-9-22-14)24-19(26)25-17-11-18(20)23-12-16(17)21/h3-5,8-12H,1-2,6-7,21H2,(H2,22,23,24,25,26)/b13-5+. The number of nitrogens with two attached hydrogens (primary N) is 1. The van der Waals surface area contributed by atoms with Gasteiger partial charge < -0.3 is 16.4 Å². The second kappa shape index (κ2) is 9.39. The zero-order valence-corrected chi connectivity index (χ0v) is 15.0. The molecular weight excluding hydrogens is 350 g/mol. The molecule has 134 valence electrons. The molecule has 4 N–H and O–H groups in total. The van der Waals surface area contributed by atoms with Crippen LogP contribution in [-0.4, -0.2) is 16.0 Å². The predicted octanol–water partition coefficient (Wildman–Crippen LogP) is 4.59. The van der Waals surface area contributed by atoms with Gasteiger partial charge >= 0.3 is 6.03 Å². The number of carbonyl (C=O) groups excluding carboxylic acids is 1. The lowest BCUT2D eigenvalue weighted by Gasteiger charge is -2.10. The Morgan fingerprint density at radius 3 is 2.81 bits per heavy atom. The van der Waals surface area contributed by atoms with E-state index in [9.17, 15) is 4.79 Å². The highest BCUT2D eigenvalue weighted by molar-refractivity contribution is 6.29. The summed E-state index contributed by atoms with van der Waals surface area (Å²) in [5.74, 6) is 0. The van der Waals surface area contributed by atoms with Gasteiger partial charge in [0.05, 0.1) is 17.6 Å². The van der Waals surface area contributed by atoms with Crippen LogP contribution < -0.4 is 16.4 Å². The minimum Gasteiger partial charge on any atom is -0.396 e. The van der Waals surface area contributed by atoms with Gasteiger partial charge in [-0.2, -0.15) is 0 Å². The number of anilines is 3. The predicted molar refractivity (Wildman–Crippen MR) is 107 cm³/mol. The molecule has 0 aromatic carbocycles. The van der Waals surface area contributed by atoms with E-state index >= 15 is 0 Å². The molecule has 0 aliphatic carbocycles. The number of allylic oxidation sites excluding steroid dienone is 4. The molecule has 0 aliphatic rings. The normalized spacial score (nSPS) is 10.9. The number of hydrogen-bond donors (Lipinski definition) is 3. The number of pyridine rings is 2. The number of halogens is 1. The number of aryl methyl sites for hydroxylation is 1. The molecule has 0 atom stereocenters. The molecule has 0 saturated heterocycles. The van der Waals surface area contributed by atoms with E-state index in [0.29, 0.717) is 17.1 Å². The summed E-state index contributed by atoms with van der Waals surface area (Å²) in [6, 6.07) is 4.57. The molecule has 0 unspecified atom stereocenters. The lowest BCUT2D eigenvalue weighted by Crippen LogP contribution is -2.20. The molecule has 7 heteroatoms. The zero-order chi connectivity index (χ0) is 18.9. The summed E-state index contributed by atoms with van der Waals surface area (Å²) in [6.07, 6.45) is 9.96. The number of carbonyl (C=O) groups is 1. The maximum atomic E-state index is 12.2. The number of rotatable bonds is 7. The molecule has 26 heavy (non-hydrogen) atoms. The molecule has 0 aliphatic heterocycles. The smallest absolute Gasteiger partial charge is 0.323 e. The summed E-state index contributed by atoms with van der Waals surface area (Å²) in [5.41, 5.74) is 9.03. The first-order valence-electron chi connectivity index (χ1n) is 7.90. The van der Waals surface area contributed by atoms with Crippen LogP contribution in [0.3, 0.4) is 0 Å². The maximum Gasteiger partial charge on any atom is 0.323 e. The highest BCUT2D eigenvalue weighted by atomic mass is 35.5. The van der Waals surface area contributed by atoms with Crippen molar-refractivity contribution in [3.63, 3.8) is 0 Å². The Labute approximate surface area is 157 Å². The van der Waals surface area contributed by atoms with Crippen molar-refractivity contribution in [3.05, 3.63) is 78.4 Å². The Hall–Kier alpha value is -3.12. The van der Waals surface area contributed by atoms with Gasteiger partial charge in [0.1, 0.15) is 5.15 Å². The maximum absolute atomic E-state index is 12.2. The summed E-state index contributed by atoms with van der Waals surface area (Å²) < 4.78 is 0. The number of hydrogen-bond acceptors (Lipinski definition) is 4. The second-order valence-corrected chi connectivity index (χ2v) is 5.78. The summed E-state index contributed by atoms with van der Waals surface area (Å²) >= 11 is 5.81. The van der Waals surface area contributed by atoms with Crippen molar-refractivity contribution in [2.75, 3.05) is 16.4 Å². The number of nitrogens with one attached hydrogen (secondary N) is 2. The van der Waals surface area contributed by atoms with Gasteiger partial charge in [0.15, 0.2) is 0 Å². The molecule has 6 nitrogen and oxygen atoms in total. The van der Waals surface area contributed by atoms with E-state index in [1.807, 2.05) is 12.1 Å². The molecule has 0 spiro atoms. The Morgan fingerprint density at radius 1 is 1.27 bits per heavy atom. The molecule has 2 aromatic heterocycles. The monoisotopic (exact) mass is 369 g/mol. The SMILES string of the molecule is C=C/C=C(\C=C)CCc1cc(NC(=O)Nc2cc(Cl)ncc2N)ccn1. The third kappa shape index (κ3) is 5.75. The van der Waals surface area contributed by atoms with E-state index in [2.05, 4.69) is 33.8 Å². The van der Waals surface area contributed by atoms with Crippen molar-refractivity contribution >= 4 is 34.7 Å². The van der Waals surface area contributed by atoms with Crippen LogP contribution in [-0.2, 0) is 6.42 Å². The summed E-state index contributed by atoms with van der Waals surface area (Å²) in [6.45, 7) is 7.46. The molecule has 0 bridgehead atoms. The van der Waals surface area contributed by atoms with Gasteiger partial charge in [-0.05, 0) is 30.5 Å². The number of nitrogen functional groups attached to an aromatic ring is 1. The van der Waals surface area contributed by atoms with Crippen LogP contribution in [0.1, 0.15) is 12.1 Å². The highest BCUT2D eigenvalue weighted by Gasteiger charge is 2.08. The lowest BCUT2D eigenvalue weighted by atomic mass is 10.1. The summed E-state index contributed by atoms with van der Waals surface area (Å²) in [5, 5.41) is 5.63. The van der Waals surface area contributed by atoms with Gasteiger partial charge in [0.2, 0.25) is 0 Å². The Balaban J connectivity index is 2.00. The van der Waals surface area contributed by atoms with Crippen LogP contribution in [0.25, 0.3) is 0 Å². The minimum atomic E-state index is -0.436. The van der Waals surface area contributed by atoms with E-state index in [4.69, 9.17) is 17.3 Å². The largest absolute Gasteiger partial charge is 0.396 e. The van der Waals surface area contributed by atoms with Crippen LogP contribution in [0.5, 0.6) is 0 Å². The van der Waals surface area contributed by atoms with Crippen molar-refractivity contribution in [2.24, 2.45) is 0 Å². The van der Waals surface area contributed by atoms with Gasteiger partial charge in [-0.15, -0.1) is 0 Å². The van der Waals surface area contributed by atoms with Crippen molar-refractivity contribution < 1.29 is 4.79 Å². The number of aromatic nitrogens is 2. The number of amides is 2. The third-order valence-electron chi connectivity index (χ3n) is 3.49. The summed E-state index contributed by atoms with van der Waals surface area (Å²) in [4.78, 5) is 20.3. The third-order valence-corrected chi connectivity index (χ3v) is 3.69. The quantitative estimate of drug-likeness (QED) is 0.491. The Bertz CT molecular complexity index is 848. The van der Waals surface area contributed by atoms with Crippen LogP contribution in [0.4, 0.5) is 21.9 Å². The molecule has 0 fully saturated rings. The first-order valence-corrected chi connectivity index (χ1v) is 8.27. The fourth-order valence-corrected chi connectivity index (χ4v) is 2.36. The van der Waals surface area contributed by atoms with Crippen molar-refractivity contribution in [1.82, 2.24) is 9.97 Å². The molecule has 0 radical (unpaired) electrons. The fraction of sp³-hybridized carbons (Fsp3) is 0.105. The van der Waals surface area contributed by atoms with Gasteiger partial charge in [0.25, 0.3) is 0 Å². The zero-order valence-electron chi connectivity index (χ0n) is 14.2.